The van der Waals surface area contributed by atoms with Crippen LogP contribution in [0.1, 0.15) is 92.7 Å². The molecule has 1 spiro atoms. The minimum absolute atomic E-state index is 0.0227. The number of carbonyl (C=O) groups is 2. The Morgan fingerprint density at radius 1 is 1.03 bits per heavy atom. The van der Waals surface area contributed by atoms with Crippen LogP contribution >= 0.6 is 0 Å². The number of carbonyl (C=O) groups excluding carboxylic acids is 2. The number of nitro groups is 1. The lowest BCUT2D eigenvalue weighted by Gasteiger charge is -2.60. The Bertz CT molecular complexity index is 3020. The van der Waals surface area contributed by atoms with Gasteiger partial charge in [-0.2, -0.15) is 0 Å². The van der Waals surface area contributed by atoms with E-state index in [0.717, 1.165) is 38.1 Å². The number of ether oxygens (including phenoxy) is 3. The van der Waals surface area contributed by atoms with Crippen molar-refractivity contribution in [2.24, 2.45) is 11.3 Å². The quantitative estimate of drug-likeness (QED) is 0.0735. The minimum Gasteiger partial charge on any atom is -0.489 e. The Kier molecular flexibility index (Phi) is 13.0. The average molecular weight is 1010 g/mol. The first kappa shape index (κ1) is 49.0. The highest BCUT2D eigenvalue weighted by Crippen LogP contribution is 2.47. The summed E-state index contributed by atoms with van der Waals surface area (Å²) in [6.07, 6.45) is 6.46. The third-order valence-corrected chi connectivity index (χ3v) is 16.8. The van der Waals surface area contributed by atoms with Gasteiger partial charge in [0.05, 0.1) is 51.8 Å². The number of aromatic amines is 1. The SMILES string of the molecule is COC(=O)N1CCN(N2CC3(CCN(c4ccc(C(=O)NS(=O)(=O)c5cc6c(c([N+](=O)[O-])c5)N[C@@H](C5CCC(C)(O)CC5)CO6)c(Oc5cnc6[nH]cc(F)c6c5)c4)CC3)C2)[C@H](c2ccccc2C(C)C)C1. The van der Waals surface area contributed by atoms with E-state index in [1.165, 1.54) is 42.8 Å². The second-order valence-corrected chi connectivity index (χ2v) is 22.3. The molecule has 5 aliphatic rings. The third kappa shape index (κ3) is 9.61. The van der Waals surface area contributed by atoms with Crippen LogP contribution in [-0.4, -0.2) is 127 Å². The van der Waals surface area contributed by atoms with Crippen LogP contribution in [0, 0.1) is 27.3 Å². The number of pyridine rings is 1. The van der Waals surface area contributed by atoms with Gasteiger partial charge in [-0.15, -0.1) is 0 Å². The number of rotatable bonds is 11. The maximum absolute atomic E-state index is 14.7. The highest BCUT2D eigenvalue weighted by Gasteiger charge is 2.49. The number of H-pyrrole nitrogens is 1. The molecular formula is C51H60FN9O10S. The van der Waals surface area contributed by atoms with Crippen LogP contribution in [0.5, 0.6) is 17.2 Å². The molecule has 10 rings (SSSR count). The highest BCUT2D eigenvalue weighted by atomic mass is 32.2. The molecule has 2 atom stereocenters. The van der Waals surface area contributed by atoms with Gasteiger partial charge >= 0.3 is 6.09 Å². The van der Waals surface area contributed by atoms with Crippen LogP contribution in [0.4, 0.5) is 26.2 Å². The topological polar surface area (TPSA) is 225 Å². The molecule has 1 saturated carbocycles. The number of sulfonamides is 1. The van der Waals surface area contributed by atoms with Crippen LogP contribution in [0.15, 0.2) is 78.0 Å². The van der Waals surface area contributed by atoms with Crippen molar-refractivity contribution in [3.8, 4) is 17.2 Å². The molecule has 4 N–H and O–H groups in total. The van der Waals surface area contributed by atoms with Crippen molar-refractivity contribution in [2.45, 2.75) is 87.8 Å². The van der Waals surface area contributed by atoms with E-state index in [-0.39, 0.29) is 75.6 Å². The maximum atomic E-state index is 14.7. The number of nitrogens with zero attached hydrogens (tertiary/aromatic N) is 6. The average Bonchev–Trinajstić information content (AvgIpc) is 3.73. The molecule has 21 heteroatoms. The predicted molar refractivity (Wildman–Crippen MR) is 265 cm³/mol. The number of hydrogen-bond donors (Lipinski definition) is 4. The number of anilines is 2. The lowest BCUT2D eigenvalue weighted by molar-refractivity contribution is -0.384. The molecule has 3 saturated heterocycles. The molecule has 0 radical (unpaired) electrons. The number of hydrazine groups is 1. The summed E-state index contributed by atoms with van der Waals surface area (Å²) >= 11 is 0. The summed E-state index contributed by atoms with van der Waals surface area (Å²) in [6, 6.07) is 16.4. The van der Waals surface area contributed by atoms with E-state index in [4.69, 9.17) is 14.2 Å². The standard InChI is InChI=1S/C51H60FN9O10S/c1-31(2)36-7-5-6-8-37(36)43-27-58(49(63)69-4)19-20-60(43)59-29-51(30-59)15-17-57(18-16-51)33-9-10-38(44(21-33)71-34-22-39-40(52)26-54-47(39)53-25-34)48(62)56-72(67,68)35-23-42(61(65)66)46-45(24-35)70-28-41(55-46)32-11-13-50(3,64)14-12-32/h5-10,21-26,31-32,41,43,55,64H,11-20,27-30H2,1-4H3,(H,53,54)(H,56,62)/t32?,41-,43+,50?/m1/s1. The normalized spacial score (nSPS) is 23.5. The first-order valence-electron chi connectivity index (χ1n) is 24.5. The van der Waals surface area contributed by atoms with Gasteiger partial charge in [-0.3, -0.25) is 14.9 Å². The minimum atomic E-state index is -4.75. The number of piperidine rings is 1. The van der Waals surface area contributed by atoms with E-state index in [1.807, 2.05) is 0 Å². The van der Waals surface area contributed by atoms with E-state index in [2.05, 4.69) is 73.0 Å². The van der Waals surface area contributed by atoms with Crippen molar-refractivity contribution < 1.29 is 46.6 Å². The van der Waals surface area contributed by atoms with E-state index >= 15 is 0 Å². The zero-order chi connectivity index (χ0) is 50.7. The zero-order valence-electron chi connectivity index (χ0n) is 40.7. The second-order valence-electron chi connectivity index (χ2n) is 20.6. The Labute approximate surface area is 416 Å². The van der Waals surface area contributed by atoms with Gasteiger partial charge in [0, 0.05) is 81.3 Å². The monoisotopic (exact) mass is 1010 g/mol. The smallest absolute Gasteiger partial charge is 0.409 e. The van der Waals surface area contributed by atoms with Gasteiger partial charge in [-0.05, 0) is 86.6 Å². The summed E-state index contributed by atoms with van der Waals surface area (Å²) in [5, 5.41) is 31.1. The Hall–Kier alpha value is -6.55. The molecule has 5 aromatic rings. The number of amides is 2. The molecule has 1 aliphatic carbocycles. The first-order chi connectivity index (χ1) is 34.4. The van der Waals surface area contributed by atoms with Gasteiger partial charge in [0.1, 0.15) is 29.6 Å². The van der Waals surface area contributed by atoms with E-state index in [0.29, 0.717) is 70.0 Å². The fraction of sp³-hybridized carbons (Fsp3) is 0.471. The van der Waals surface area contributed by atoms with Crippen molar-refractivity contribution in [3.63, 3.8) is 0 Å². The lowest BCUT2D eigenvalue weighted by atomic mass is 9.72. The number of hydrogen-bond acceptors (Lipinski definition) is 15. The Morgan fingerprint density at radius 3 is 2.50 bits per heavy atom. The zero-order valence-corrected chi connectivity index (χ0v) is 41.5. The van der Waals surface area contributed by atoms with Crippen molar-refractivity contribution in [1.82, 2.24) is 29.6 Å². The van der Waals surface area contributed by atoms with Gasteiger partial charge in [0.2, 0.25) is 0 Å². The summed E-state index contributed by atoms with van der Waals surface area (Å²) in [5.74, 6) is -1.23. The Morgan fingerprint density at radius 2 is 1.78 bits per heavy atom. The summed E-state index contributed by atoms with van der Waals surface area (Å²) in [6.45, 7) is 11.1. The van der Waals surface area contributed by atoms with Gasteiger partial charge in [0.15, 0.2) is 11.4 Å². The molecule has 0 unspecified atom stereocenters. The van der Waals surface area contributed by atoms with Crippen LogP contribution in [-0.2, 0) is 14.8 Å². The van der Waals surface area contributed by atoms with E-state index in [9.17, 15) is 37.6 Å². The number of aliphatic hydroxyl groups is 1. The predicted octanol–water partition coefficient (Wildman–Crippen LogP) is 7.70. The molecule has 4 fully saturated rings. The van der Waals surface area contributed by atoms with Crippen LogP contribution < -0.4 is 24.4 Å². The number of methoxy groups -OCH3 is 1. The highest BCUT2D eigenvalue weighted by molar-refractivity contribution is 7.90. The maximum Gasteiger partial charge on any atom is 0.409 e. The summed E-state index contributed by atoms with van der Waals surface area (Å²) in [5.41, 5.74) is 2.08. The lowest BCUT2D eigenvalue weighted by Crippen LogP contribution is -2.68. The molecule has 0 bridgehead atoms. The number of nitro benzene ring substituents is 1. The molecule has 2 aromatic heterocycles. The molecule has 72 heavy (non-hydrogen) atoms. The van der Waals surface area contributed by atoms with Gasteiger partial charge < -0.3 is 39.4 Å². The summed E-state index contributed by atoms with van der Waals surface area (Å²) < 4.78 is 62.2. The van der Waals surface area contributed by atoms with Crippen molar-refractivity contribution in [1.29, 1.82) is 0 Å². The molecule has 2 amide bonds. The molecule has 6 heterocycles. The number of nitrogens with one attached hydrogen (secondary N) is 3. The number of fused-ring (bicyclic) bond motifs is 2. The van der Waals surface area contributed by atoms with Crippen molar-refractivity contribution in [2.75, 3.05) is 69.7 Å². The molecule has 382 valence electrons. The second kappa shape index (κ2) is 19.1. The molecule has 19 nitrogen and oxygen atoms in total. The van der Waals surface area contributed by atoms with Crippen LogP contribution in [0.25, 0.3) is 11.0 Å². The van der Waals surface area contributed by atoms with E-state index < -0.39 is 42.9 Å². The van der Waals surface area contributed by atoms with Crippen LogP contribution in [0.3, 0.4) is 0 Å². The molecule has 3 aromatic carbocycles. The number of halogens is 1. The van der Waals surface area contributed by atoms with Gasteiger partial charge in [-0.1, -0.05) is 38.1 Å². The fourth-order valence-electron chi connectivity index (χ4n) is 11.3. The first-order valence-corrected chi connectivity index (χ1v) is 26.0. The van der Waals surface area contributed by atoms with Crippen molar-refractivity contribution in [3.05, 3.63) is 106 Å². The third-order valence-electron chi connectivity index (χ3n) is 15.5. The van der Waals surface area contributed by atoms with Gasteiger partial charge in [-0.25, -0.2) is 37.3 Å². The number of benzene rings is 3. The molecule has 4 aliphatic heterocycles. The number of aromatic nitrogens is 2. The largest absolute Gasteiger partial charge is 0.489 e. The molecular weight excluding hydrogens is 950 g/mol. The van der Waals surface area contributed by atoms with Crippen molar-refractivity contribution >= 4 is 50.1 Å². The van der Waals surface area contributed by atoms with Crippen LogP contribution in [0.2, 0.25) is 0 Å². The summed E-state index contributed by atoms with van der Waals surface area (Å²) in [7, 11) is -3.33. The number of piperazine rings is 1. The van der Waals surface area contributed by atoms with Gasteiger partial charge in [0.25, 0.3) is 21.6 Å². The Balaban J connectivity index is 0.863. The van der Waals surface area contributed by atoms with E-state index in [1.54, 1.807) is 24.0 Å². The summed E-state index contributed by atoms with van der Waals surface area (Å²) in [4.78, 5) is 49.0. The fourth-order valence-corrected chi connectivity index (χ4v) is 12.3.